The normalized spacial score (nSPS) is 11.0. The van der Waals surface area contributed by atoms with E-state index in [1.165, 1.54) is 6.20 Å². The summed E-state index contributed by atoms with van der Waals surface area (Å²) in [4.78, 5) is 15.9. The fraction of sp³-hybridized carbons (Fsp3) is 0.235. The van der Waals surface area contributed by atoms with Crippen molar-refractivity contribution < 1.29 is 14.3 Å². The second-order valence-electron chi connectivity index (χ2n) is 4.66. The Morgan fingerprint density at radius 3 is 2.57 bits per heavy atom. The summed E-state index contributed by atoms with van der Waals surface area (Å²) in [6.45, 7) is 1.96. The van der Waals surface area contributed by atoms with E-state index in [9.17, 15) is 4.79 Å². The number of benzene rings is 1. The molecule has 0 aliphatic carbocycles. The summed E-state index contributed by atoms with van der Waals surface area (Å²) in [6, 6.07) is 8.90. The molecule has 0 atom stereocenters. The number of aromatic nitrogens is 1. The average Bonchev–Trinajstić information content (AvgIpc) is 2.62. The first-order valence-electron chi connectivity index (χ1n) is 7.19. The first-order chi connectivity index (χ1) is 11.2. The van der Waals surface area contributed by atoms with Crippen LogP contribution in [-0.2, 0) is 0 Å². The number of pyridine rings is 1. The summed E-state index contributed by atoms with van der Waals surface area (Å²) in [7, 11) is 3.16. The molecule has 0 radical (unpaired) electrons. The minimum atomic E-state index is -0.301. The molecule has 2 aromatic rings. The average molecular weight is 313 g/mol. The molecule has 2 rings (SSSR count). The van der Waals surface area contributed by atoms with Crippen molar-refractivity contribution in [2.45, 2.75) is 13.3 Å². The van der Waals surface area contributed by atoms with Gasteiger partial charge in [0.1, 0.15) is 0 Å². The lowest BCUT2D eigenvalue weighted by Crippen LogP contribution is -2.20. The fourth-order valence-corrected chi connectivity index (χ4v) is 2.04. The molecule has 0 saturated carbocycles. The number of methoxy groups -OCH3 is 2. The molecule has 1 amide bonds. The highest BCUT2D eigenvalue weighted by atomic mass is 16.5. The van der Waals surface area contributed by atoms with Gasteiger partial charge in [-0.15, -0.1) is 0 Å². The van der Waals surface area contributed by atoms with E-state index in [1.807, 2.05) is 25.1 Å². The number of amides is 1. The molecule has 23 heavy (non-hydrogen) atoms. The van der Waals surface area contributed by atoms with Gasteiger partial charge in [0.2, 0.25) is 0 Å². The van der Waals surface area contributed by atoms with E-state index in [4.69, 9.17) is 9.47 Å². The van der Waals surface area contributed by atoms with Gasteiger partial charge < -0.3 is 9.47 Å². The smallest absolute Gasteiger partial charge is 0.272 e. The molecule has 6 heteroatoms. The van der Waals surface area contributed by atoms with Crippen molar-refractivity contribution >= 4 is 11.6 Å². The van der Waals surface area contributed by atoms with Gasteiger partial charge in [-0.3, -0.25) is 9.78 Å². The molecule has 0 fully saturated rings. The van der Waals surface area contributed by atoms with Crippen LogP contribution < -0.4 is 14.9 Å². The van der Waals surface area contributed by atoms with Crippen LogP contribution in [0.15, 0.2) is 47.8 Å². The second kappa shape index (κ2) is 7.93. The Morgan fingerprint density at radius 2 is 1.96 bits per heavy atom. The summed E-state index contributed by atoms with van der Waals surface area (Å²) >= 11 is 0. The quantitative estimate of drug-likeness (QED) is 0.657. The van der Waals surface area contributed by atoms with Crippen molar-refractivity contribution in [2.75, 3.05) is 14.2 Å². The second-order valence-corrected chi connectivity index (χ2v) is 4.66. The number of hydrazone groups is 1. The Morgan fingerprint density at radius 1 is 1.17 bits per heavy atom. The van der Waals surface area contributed by atoms with Gasteiger partial charge in [-0.2, -0.15) is 5.10 Å². The monoisotopic (exact) mass is 313 g/mol. The number of hydrogen-bond donors (Lipinski definition) is 1. The molecule has 0 saturated heterocycles. The van der Waals surface area contributed by atoms with Crippen LogP contribution in [0.1, 0.15) is 29.3 Å². The van der Waals surface area contributed by atoms with Gasteiger partial charge in [-0.1, -0.05) is 6.92 Å². The van der Waals surface area contributed by atoms with E-state index in [2.05, 4.69) is 15.5 Å². The van der Waals surface area contributed by atoms with Crippen LogP contribution in [-0.4, -0.2) is 30.8 Å². The zero-order valence-electron chi connectivity index (χ0n) is 13.4. The van der Waals surface area contributed by atoms with Crippen LogP contribution in [0.25, 0.3) is 0 Å². The van der Waals surface area contributed by atoms with Gasteiger partial charge in [0.25, 0.3) is 5.91 Å². The Hall–Kier alpha value is -2.89. The summed E-state index contributed by atoms with van der Waals surface area (Å²) < 4.78 is 10.5. The summed E-state index contributed by atoms with van der Waals surface area (Å²) in [5.41, 5.74) is 4.61. The van der Waals surface area contributed by atoms with Crippen molar-refractivity contribution in [1.29, 1.82) is 0 Å². The maximum atomic E-state index is 12.0. The highest BCUT2D eigenvalue weighted by Gasteiger charge is 2.09. The molecule has 1 aromatic carbocycles. The molecule has 1 heterocycles. The lowest BCUT2D eigenvalue weighted by Gasteiger charge is -2.10. The molecule has 0 spiro atoms. The van der Waals surface area contributed by atoms with E-state index >= 15 is 0 Å². The van der Waals surface area contributed by atoms with Crippen LogP contribution in [0.2, 0.25) is 0 Å². The van der Waals surface area contributed by atoms with E-state index in [1.54, 1.807) is 32.5 Å². The third-order valence-electron chi connectivity index (χ3n) is 3.27. The maximum absolute atomic E-state index is 12.0. The lowest BCUT2D eigenvalue weighted by atomic mass is 10.1. The first-order valence-corrected chi connectivity index (χ1v) is 7.19. The van der Waals surface area contributed by atoms with Crippen molar-refractivity contribution in [1.82, 2.24) is 10.4 Å². The number of ether oxygens (including phenoxy) is 2. The highest BCUT2D eigenvalue weighted by molar-refractivity contribution is 6.02. The molecule has 6 nitrogen and oxygen atoms in total. The molecule has 1 N–H and O–H groups in total. The van der Waals surface area contributed by atoms with Crippen LogP contribution in [0.3, 0.4) is 0 Å². The Balaban J connectivity index is 2.20. The van der Waals surface area contributed by atoms with Crippen molar-refractivity contribution in [3.05, 3.63) is 53.9 Å². The predicted octanol–water partition coefficient (Wildman–Crippen LogP) is 2.64. The van der Waals surface area contributed by atoms with Crippen molar-refractivity contribution in [3.63, 3.8) is 0 Å². The standard InChI is InChI=1S/C17H19N3O3/c1-4-14(12-7-8-15(22-2)16(10-12)23-3)19-20-17(21)13-6-5-9-18-11-13/h5-11H,4H2,1-3H3,(H,20,21)/b19-14+. The largest absolute Gasteiger partial charge is 0.493 e. The molecule has 0 aliphatic rings. The lowest BCUT2D eigenvalue weighted by molar-refractivity contribution is 0.0954. The van der Waals surface area contributed by atoms with Gasteiger partial charge in [0.05, 0.1) is 25.5 Å². The zero-order chi connectivity index (χ0) is 16.7. The molecular formula is C17H19N3O3. The van der Waals surface area contributed by atoms with Crippen molar-refractivity contribution in [2.24, 2.45) is 5.10 Å². The van der Waals surface area contributed by atoms with Crippen molar-refractivity contribution in [3.8, 4) is 11.5 Å². The molecular weight excluding hydrogens is 294 g/mol. The first kappa shape index (κ1) is 16.5. The van der Waals surface area contributed by atoms with Gasteiger partial charge in [0, 0.05) is 18.0 Å². The van der Waals surface area contributed by atoms with E-state index in [0.29, 0.717) is 23.5 Å². The molecule has 0 unspecified atom stereocenters. The summed E-state index contributed by atoms with van der Waals surface area (Å²) in [5.74, 6) is 0.959. The predicted molar refractivity (Wildman–Crippen MR) is 88.1 cm³/mol. The van der Waals surface area contributed by atoms with E-state index in [0.717, 1.165) is 11.3 Å². The van der Waals surface area contributed by atoms with E-state index in [-0.39, 0.29) is 5.91 Å². The van der Waals surface area contributed by atoms with E-state index < -0.39 is 0 Å². The molecule has 0 aliphatic heterocycles. The van der Waals surface area contributed by atoms with Crippen LogP contribution in [0, 0.1) is 0 Å². The third-order valence-corrected chi connectivity index (χ3v) is 3.27. The van der Waals surface area contributed by atoms with Crippen LogP contribution in [0.4, 0.5) is 0 Å². The van der Waals surface area contributed by atoms with Gasteiger partial charge in [-0.05, 0) is 36.8 Å². The van der Waals surface area contributed by atoms with Gasteiger partial charge in [0.15, 0.2) is 11.5 Å². The summed E-state index contributed by atoms with van der Waals surface area (Å²) in [5, 5.41) is 4.21. The topological polar surface area (TPSA) is 72.8 Å². The number of nitrogens with zero attached hydrogens (tertiary/aromatic N) is 2. The summed E-state index contributed by atoms with van der Waals surface area (Å²) in [6.07, 6.45) is 3.76. The highest BCUT2D eigenvalue weighted by Crippen LogP contribution is 2.28. The minimum absolute atomic E-state index is 0.301. The zero-order valence-corrected chi connectivity index (χ0v) is 13.4. The number of hydrogen-bond acceptors (Lipinski definition) is 5. The molecule has 0 bridgehead atoms. The molecule has 1 aromatic heterocycles. The third kappa shape index (κ3) is 4.06. The fourth-order valence-electron chi connectivity index (χ4n) is 2.04. The minimum Gasteiger partial charge on any atom is -0.493 e. The number of nitrogens with one attached hydrogen (secondary N) is 1. The molecule has 120 valence electrons. The van der Waals surface area contributed by atoms with Crippen LogP contribution in [0.5, 0.6) is 11.5 Å². The Bertz CT molecular complexity index is 699. The Kier molecular flexibility index (Phi) is 5.68. The SMILES string of the molecule is CC/C(=N\NC(=O)c1cccnc1)c1ccc(OC)c(OC)c1. The van der Waals surface area contributed by atoms with Gasteiger partial charge >= 0.3 is 0 Å². The number of carbonyl (C=O) groups is 1. The Labute approximate surface area is 135 Å². The van der Waals surface area contributed by atoms with Gasteiger partial charge in [-0.25, -0.2) is 5.43 Å². The number of rotatable bonds is 6. The number of carbonyl (C=O) groups excluding carboxylic acids is 1. The van der Waals surface area contributed by atoms with Crippen LogP contribution >= 0.6 is 0 Å². The maximum Gasteiger partial charge on any atom is 0.272 e.